The van der Waals surface area contributed by atoms with Crippen molar-refractivity contribution in [3.05, 3.63) is 212 Å². The van der Waals surface area contributed by atoms with E-state index in [1.165, 1.54) is 109 Å². The summed E-state index contributed by atoms with van der Waals surface area (Å²) < 4.78 is 197. The number of Topliss-reactive ketones (excluding diaryl/α,β-unsaturated/α-hetero) is 3. The molecule has 0 aliphatic carbocycles. The zero-order chi connectivity index (χ0) is 82.6. The molecule has 0 atom stereocenters. The summed E-state index contributed by atoms with van der Waals surface area (Å²) in [5.74, 6) is -3.77. The lowest BCUT2D eigenvalue weighted by molar-refractivity contribution is -0.138. The van der Waals surface area contributed by atoms with Crippen molar-refractivity contribution in [2.75, 3.05) is 25.3 Å². The molecule has 0 radical (unpaired) electrons. The van der Waals surface area contributed by atoms with E-state index >= 15 is 0 Å². The molecule has 2 fully saturated rings. The molecule has 2 heterocycles. The fraction of sp³-hybridized carbons (Fsp3) is 0.267. The number of thiocyanates is 1. The Balaban J connectivity index is 0.000000257. The molecule has 9 rings (SSSR count). The second-order valence-corrected chi connectivity index (χ2v) is 26.5. The van der Waals surface area contributed by atoms with Gasteiger partial charge in [0.05, 0.1) is 114 Å². The first-order valence-electron chi connectivity index (χ1n) is 31.6. The van der Waals surface area contributed by atoms with Crippen molar-refractivity contribution in [1.82, 2.24) is 0 Å². The predicted molar refractivity (Wildman–Crippen MR) is 383 cm³/mol. The van der Waals surface area contributed by atoms with Crippen molar-refractivity contribution >= 4 is 104 Å². The lowest BCUT2D eigenvalue weighted by Gasteiger charge is -2.30. The van der Waals surface area contributed by atoms with Crippen LogP contribution in [0.3, 0.4) is 0 Å². The Morgan fingerprint density at radius 2 is 0.817 bits per heavy atom. The third kappa shape index (κ3) is 20.5. The van der Waals surface area contributed by atoms with Gasteiger partial charge < -0.3 is 15.5 Å². The summed E-state index contributed by atoms with van der Waals surface area (Å²) in [7, 11) is 0. The van der Waals surface area contributed by atoms with Crippen LogP contribution in [0.2, 0.25) is 0 Å². The molecule has 0 aromatic heterocycles. The number of amidine groups is 1. The second kappa shape index (κ2) is 34.9. The van der Waals surface area contributed by atoms with E-state index in [9.17, 15) is 85.0 Å². The molecule has 2 aliphatic heterocycles. The molecule has 0 unspecified atom stereocenters. The van der Waals surface area contributed by atoms with Crippen LogP contribution in [0.25, 0.3) is 0 Å². The Labute approximate surface area is 629 Å². The predicted octanol–water partition coefficient (Wildman–Crippen LogP) is 19.7. The van der Waals surface area contributed by atoms with Gasteiger partial charge in [0.1, 0.15) is 34.2 Å². The van der Waals surface area contributed by atoms with Crippen molar-refractivity contribution in [2.24, 2.45) is 5.41 Å². The minimum Gasteiger partial charge on any atom is -0.399 e. The Morgan fingerprint density at radius 3 is 1.18 bits per heavy atom. The van der Waals surface area contributed by atoms with Crippen molar-refractivity contribution < 1.29 is 85.0 Å². The number of anilines is 5. The van der Waals surface area contributed by atoms with Gasteiger partial charge in [-0.25, -0.2) is 13.2 Å². The number of nitrogens with two attached hydrogens (primary N) is 1. The first-order valence-corrected chi connectivity index (χ1v) is 33.2. The summed E-state index contributed by atoms with van der Waals surface area (Å²) in [4.78, 5) is 53.3. The molecule has 7 aromatic carbocycles. The van der Waals surface area contributed by atoms with Gasteiger partial charge >= 0.3 is 24.7 Å². The minimum atomic E-state index is -4.81. The minimum absolute atomic E-state index is 0.00803. The summed E-state index contributed by atoms with van der Waals surface area (Å²) in [5.41, 5.74) is -3.28. The van der Waals surface area contributed by atoms with E-state index in [-0.39, 0.29) is 90.5 Å². The van der Waals surface area contributed by atoms with Gasteiger partial charge in [-0.05, 0) is 211 Å². The number of alkyl halides is 12. The number of nitrogens with zero attached hydrogens (tertiary/aromatic N) is 10. The molecule has 2 aliphatic rings. The number of thiocarbonyl (C=S) groups is 2. The smallest absolute Gasteiger partial charge is 0.399 e. The standard InChI is InChI=1S/C22H18F4N4OS.C22H17F4N3O2S.C14H16FNO.C9H3F3N2S.C8H5F3N2/c1-4-18(31)15-8-7-14(10-17(15)23)30-20(32)29(19(28)21(30,2)3)13-6-5-12(11-27)16(9-13)22(24,25)26;1-4-18(30)15-8-7-14(10-17(15)23)29-20(32)28(19(31)21(29,2)3)13-6-5-12(11-27)16(9-13)22(24,25)26;1-4-13(17)11-6-5-10(7-12(11)15)8-14(2,3)9-16;10-9(11,12)8-3-7(15-5-14)2-1-6(8)4-13;9-8(10,11)7-3-6(13)2-1-5(7)4-12/h5-10,28H,4H2,1-3H3;5-10H,4H2,1-3H3;5-7H,4,8H2,1-3H3;1-3H;1-3H,13H2. The number of halogens is 15. The van der Waals surface area contributed by atoms with E-state index in [0.29, 0.717) is 30.7 Å². The van der Waals surface area contributed by atoms with Crippen molar-refractivity contribution in [1.29, 1.82) is 37.0 Å². The molecule has 566 valence electrons. The third-order valence-corrected chi connectivity index (χ3v) is 17.4. The number of carbonyl (C=O) groups is 4. The normalized spacial score (nSPS) is 13.7. The highest BCUT2D eigenvalue weighted by Crippen LogP contribution is 2.44. The Hall–Kier alpha value is -11.7. The van der Waals surface area contributed by atoms with Gasteiger partial charge in [-0.3, -0.25) is 34.4 Å². The number of amides is 1. The maximum atomic E-state index is 14.6. The molecular weight excluding hydrogens is 1510 g/mol. The maximum absolute atomic E-state index is 14.6. The number of ketones is 3. The molecule has 34 heteroatoms. The first kappa shape index (κ1) is 87.9. The van der Waals surface area contributed by atoms with E-state index in [0.717, 1.165) is 70.0 Å². The van der Waals surface area contributed by atoms with Crippen LogP contribution in [-0.2, 0) is 35.9 Å². The number of benzene rings is 7. The average molecular weight is 1570 g/mol. The molecule has 0 saturated carbocycles. The van der Waals surface area contributed by atoms with Gasteiger partial charge in [-0.15, -0.1) is 0 Å². The van der Waals surface area contributed by atoms with Crippen LogP contribution in [0.1, 0.15) is 163 Å². The average Bonchev–Trinajstić information content (AvgIpc) is 1.59. The van der Waals surface area contributed by atoms with Gasteiger partial charge in [0.2, 0.25) is 0 Å². The Bertz CT molecular complexity index is 4850. The number of hydrogen-bond acceptors (Lipinski definition) is 15. The van der Waals surface area contributed by atoms with E-state index < -0.39 is 115 Å². The summed E-state index contributed by atoms with van der Waals surface area (Å²) in [5, 5.41) is 62.1. The van der Waals surface area contributed by atoms with Crippen LogP contribution in [0.5, 0.6) is 0 Å². The molecule has 2 saturated heterocycles. The summed E-state index contributed by atoms with van der Waals surface area (Å²) in [6, 6.07) is 32.5. The van der Waals surface area contributed by atoms with Gasteiger partial charge in [0, 0.05) is 41.2 Å². The quantitative estimate of drug-likeness (QED) is 0.0271. The topological polar surface area (TPSA) is 274 Å². The number of nitrogens with one attached hydrogen (secondary N) is 1. The van der Waals surface area contributed by atoms with Crippen LogP contribution in [-0.4, -0.2) is 50.4 Å². The van der Waals surface area contributed by atoms with Gasteiger partial charge in [-0.2, -0.15) is 84.3 Å². The third-order valence-electron chi connectivity index (χ3n) is 16.1. The van der Waals surface area contributed by atoms with E-state index in [1.54, 1.807) is 59.9 Å². The fourth-order valence-corrected chi connectivity index (χ4v) is 12.0. The molecule has 0 spiro atoms. The van der Waals surface area contributed by atoms with E-state index in [4.69, 9.17) is 67.2 Å². The number of hydrogen-bond donors (Lipinski definition) is 2. The second-order valence-electron chi connectivity index (χ2n) is 24.9. The lowest BCUT2D eigenvalue weighted by atomic mass is 9.87. The zero-order valence-electron chi connectivity index (χ0n) is 58.5. The highest BCUT2D eigenvalue weighted by atomic mass is 32.2. The molecule has 1 amide bonds. The highest BCUT2D eigenvalue weighted by Gasteiger charge is 2.52. The molecule has 7 aromatic rings. The zero-order valence-corrected chi connectivity index (χ0v) is 61.0. The van der Waals surface area contributed by atoms with Crippen LogP contribution in [0.4, 0.5) is 94.3 Å². The van der Waals surface area contributed by atoms with Crippen molar-refractivity contribution in [3.63, 3.8) is 0 Å². The summed E-state index contributed by atoms with van der Waals surface area (Å²) >= 11 is 11.5. The summed E-state index contributed by atoms with van der Waals surface area (Å²) in [6.07, 6.45) is -17.7. The largest absolute Gasteiger partial charge is 0.417 e. The fourth-order valence-electron chi connectivity index (χ4n) is 10.6. The van der Waals surface area contributed by atoms with Gasteiger partial charge in [0.25, 0.3) is 5.91 Å². The maximum Gasteiger partial charge on any atom is 0.417 e. The highest BCUT2D eigenvalue weighted by molar-refractivity contribution is 8.03. The molecule has 3 N–H and O–H groups in total. The lowest BCUT2D eigenvalue weighted by Crippen LogP contribution is -2.44. The Kier molecular flexibility index (Phi) is 28.2. The SMILES string of the molecule is CCC(=O)c1ccc(CC(C)(C)C#N)cc1F.CCC(=O)c1ccc(N2C(=S)N(c3ccc(C#N)c(C(F)(F)F)c3)C(=N)C2(C)C)cc1F.CCC(=O)c1ccc(N2C(=S)N(c3ccc(C#N)c(C(F)(F)F)c3)C(=O)C2(C)C)cc1F.N#CSc1ccc(C#N)c(C(F)(F)F)c1.N#Cc1ccc(N)cc1C(F)(F)F. The van der Waals surface area contributed by atoms with Crippen LogP contribution in [0, 0.1) is 95.6 Å². The van der Waals surface area contributed by atoms with Crippen LogP contribution in [0.15, 0.2) is 132 Å². The van der Waals surface area contributed by atoms with E-state index in [1.807, 2.05) is 0 Å². The molecule has 0 bridgehead atoms. The van der Waals surface area contributed by atoms with E-state index in [2.05, 4.69) is 6.07 Å². The van der Waals surface area contributed by atoms with Gasteiger partial charge in [-0.1, -0.05) is 26.8 Å². The molecule has 16 nitrogen and oxygen atoms in total. The molecule has 109 heavy (non-hydrogen) atoms. The number of rotatable bonds is 13. The number of carbonyl (C=O) groups excluding carboxylic acids is 4. The van der Waals surface area contributed by atoms with Gasteiger partial charge in [0.15, 0.2) is 27.6 Å². The summed E-state index contributed by atoms with van der Waals surface area (Å²) in [6.45, 7) is 14.8. The number of nitrogen functional groups attached to an aromatic ring is 1. The number of nitriles is 6. The monoisotopic (exact) mass is 1570 g/mol. The first-order chi connectivity index (χ1) is 50.5. The Morgan fingerprint density at radius 1 is 0.477 bits per heavy atom. The molecular formula is C75H59F15N12O4S3. The van der Waals surface area contributed by atoms with Crippen LogP contribution >= 0.6 is 36.2 Å². The number of thioether (sulfide) groups is 1. The van der Waals surface area contributed by atoms with Crippen LogP contribution < -0.4 is 25.3 Å². The van der Waals surface area contributed by atoms with Crippen molar-refractivity contribution in [3.8, 4) is 35.7 Å². The van der Waals surface area contributed by atoms with Crippen molar-refractivity contribution in [2.45, 2.75) is 129 Å².